The zero-order valence-corrected chi connectivity index (χ0v) is 21.1. The van der Waals surface area contributed by atoms with Crippen LogP contribution in [-0.2, 0) is 11.3 Å². The molecule has 3 rings (SSSR count). The van der Waals surface area contributed by atoms with Crippen molar-refractivity contribution >= 4 is 58.3 Å². The fourth-order valence-electron chi connectivity index (χ4n) is 3.09. The smallest absolute Gasteiger partial charge is 0.327 e. The molecule has 2 aromatic carbocycles. The summed E-state index contributed by atoms with van der Waals surface area (Å²) in [6, 6.07) is 11.4. The number of benzene rings is 2. The number of halogens is 3. The largest absolute Gasteiger partial charge is 0.497 e. The lowest BCUT2D eigenvalue weighted by Crippen LogP contribution is -2.37. The molecule has 0 saturated heterocycles. The van der Waals surface area contributed by atoms with Gasteiger partial charge in [-0.1, -0.05) is 34.8 Å². The first-order valence-corrected chi connectivity index (χ1v) is 11.4. The minimum atomic E-state index is -0.429. The van der Waals surface area contributed by atoms with Crippen LogP contribution in [-0.4, -0.2) is 42.9 Å². The second kappa shape index (κ2) is 12.1. The van der Waals surface area contributed by atoms with E-state index in [1.807, 2.05) is 6.92 Å². The van der Waals surface area contributed by atoms with Gasteiger partial charge in [-0.15, -0.1) is 0 Å². The highest BCUT2D eigenvalue weighted by Gasteiger charge is 2.21. The van der Waals surface area contributed by atoms with Crippen molar-refractivity contribution in [2.75, 3.05) is 31.0 Å². The highest BCUT2D eigenvalue weighted by atomic mass is 35.5. The van der Waals surface area contributed by atoms with E-state index < -0.39 is 6.03 Å². The van der Waals surface area contributed by atoms with E-state index in [1.54, 1.807) is 56.8 Å². The van der Waals surface area contributed by atoms with Crippen LogP contribution < -0.4 is 20.3 Å². The van der Waals surface area contributed by atoms with Gasteiger partial charge >= 0.3 is 6.03 Å². The molecule has 0 bridgehead atoms. The number of nitrogens with one attached hydrogen (secondary N) is 2. The summed E-state index contributed by atoms with van der Waals surface area (Å²) in [4.78, 5) is 23.6. The Labute approximate surface area is 213 Å². The molecule has 0 saturated carbocycles. The van der Waals surface area contributed by atoms with E-state index in [9.17, 15) is 4.79 Å². The number of rotatable bonds is 9. The van der Waals surface area contributed by atoms with Crippen molar-refractivity contribution in [1.82, 2.24) is 15.3 Å². The molecule has 34 heavy (non-hydrogen) atoms. The molecule has 2 amide bonds. The van der Waals surface area contributed by atoms with Gasteiger partial charge in [0.25, 0.3) is 0 Å². The number of amides is 2. The first-order valence-electron chi connectivity index (χ1n) is 10.3. The fraction of sp³-hybridized carbons (Fsp3) is 0.261. The van der Waals surface area contributed by atoms with Crippen molar-refractivity contribution < 1.29 is 14.3 Å². The Bertz CT molecular complexity index is 1130. The van der Waals surface area contributed by atoms with Crippen molar-refractivity contribution in [3.8, 4) is 5.75 Å². The summed E-state index contributed by atoms with van der Waals surface area (Å²) in [7, 11) is 3.19. The molecule has 3 aromatic rings. The summed E-state index contributed by atoms with van der Waals surface area (Å²) in [5.74, 6) is 1.39. The minimum Gasteiger partial charge on any atom is -0.497 e. The maximum absolute atomic E-state index is 13.4. The van der Waals surface area contributed by atoms with Crippen molar-refractivity contribution in [3.05, 3.63) is 69.3 Å². The number of hydrogen-bond acceptors (Lipinski definition) is 6. The molecule has 0 spiro atoms. The van der Waals surface area contributed by atoms with E-state index in [1.165, 1.54) is 11.0 Å². The van der Waals surface area contributed by atoms with Crippen LogP contribution in [0.2, 0.25) is 15.1 Å². The molecule has 2 N–H and O–H groups in total. The Morgan fingerprint density at radius 1 is 1.06 bits per heavy atom. The summed E-state index contributed by atoms with van der Waals surface area (Å²) < 4.78 is 10.4. The zero-order valence-electron chi connectivity index (χ0n) is 18.8. The van der Waals surface area contributed by atoms with Crippen LogP contribution in [0.15, 0.2) is 48.7 Å². The van der Waals surface area contributed by atoms with E-state index in [-0.39, 0.29) is 12.6 Å². The number of aromatic nitrogens is 2. The van der Waals surface area contributed by atoms with Crippen molar-refractivity contribution in [1.29, 1.82) is 0 Å². The second-order valence-electron chi connectivity index (χ2n) is 7.29. The van der Waals surface area contributed by atoms with Crippen LogP contribution >= 0.6 is 34.8 Å². The van der Waals surface area contributed by atoms with Crippen LogP contribution in [0.25, 0.3) is 0 Å². The van der Waals surface area contributed by atoms with Gasteiger partial charge in [0, 0.05) is 37.0 Å². The van der Waals surface area contributed by atoms with Crippen LogP contribution in [0.4, 0.5) is 22.2 Å². The fourth-order valence-corrected chi connectivity index (χ4v) is 3.73. The number of urea groups is 1. The molecule has 180 valence electrons. The monoisotopic (exact) mass is 523 g/mol. The SMILES string of the molecule is COCC(C)Nc1nccc(N(C(=O)NCc2cc(Cl)c(Cl)cc2Cl)c2ccc(OC)cc2)n1. The molecule has 1 atom stereocenters. The van der Waals surface area contributed by atoms with Gasteiger partial charge in [-0.3, -0.25) is 0 Å². The highest BCUT2D eigenvalue weighted by Crippen LogP contribution is 2.30. The Morgan fingerprint density at radius 2 is 1.76 bits per heavy atom. The van der Waals surface area contributed by atoms with Gasteiger partial charge in [0.05, 0.1) is 29.4 Å². The quantitative estimate of drug-likeness (QED) is 0.337. The molecule has 11 heteroatoms. The Balaban J connectivity index is 1.89. The summed E-state index contributed by atoms with van der Waals surface area (Å²) in [6.45, 7) is 2.54. The lowest BCUT2D eigenvalue weighted by molar-refractivity contribution is 0.190. The number of anilines is 3. The van der Waals surface area contributed by atoms with Crippen molar-refractivity contribution in [2.24, 2.45) is 0 Å². The maximum atomic E-state index is 13.4. The number of methoxy groups -OCH3 is 2. The lowest BCUT2D eigenvalue weighted by atomic mass is 10.2. The van der Waals surface area contributed by atoms with E-state index >= 15 is 0 Å². The number of carbonyl (C=O) groups is 1. The van der Waals surface area contributed by atoms with Gasteiger partial charge in [-0.25, -0.2) is 14.7 Å². The van der Waals surface area contributed by atoms with Crippen molar-refractivity contribution in [3.63, 3.8) is 0 Å². The number of carbonyl (C=O) groups excluding carboxylic acids is 1. The molecule has 1 unspecified atom stereocenters. The second-order valence-corrected chi connectivity index (χ2v) is 8.51. The molecule has 0 aliphatic carbocycles. The Kier molecular flexibility index (Phi) is 9.18. The molecule has 1 heterocycles. The third-order valence-electron chi connectivity index (χ3n) is 4.72. The molecule has 0 aliphatic rings. The van der Waals surface area contributed by atoms with Crippen molar-refractivity contribution in [2.45, 2.75) is 19.5 Å². The minimum absolute atomic E-state index is 0.0275. The van der Waals surface area contributed by atoms with Crippen LogP contribution in [0.5, 0.6) is 5.75 Å². The summed E-state index contributed by atoms with van der Waals surface area (Å²) in [6.07, 6.45) is 1.57. The lowest BCUT2D eigenvalue weighted by Gasteiger charge is -2.23. The van der Waals surface area contributed by atoms with E-state index in [0.717, 1.165) is 0 Å². The van der Waals surface area contributed by atoms with Gasteiger partial charge in [0.2, 0.25) is 5.95 Å². The number of nitrogens with zero attached hydrogens (tertiary/aromatic N) is 3. The van der Waals surface area contributed by atoms with Crippen LogP contribution in [0.3, 0.4) is 0 Å². The van der Waals surface area contributed by atoms with E-state index in [0.29, 0.717) is 50.4 Å². The Hall–Kier alpha value is -2.78. The normalized spacial score (nSPS) is 11.6. The van der Waals surface area contributed by atoms with Crippen LogP contribution in [0, 0.1) is 0 Å². The Morgan fingerprint density at radius 3 is 2.44 bits per heavy atom. The summed E-state index contributed by atoms with van der Waals surface area (Å²) in [5.41, 5.74) is 1.20. The number of ether oxygens (including phenoxy) is 2. The molecule has 0 fully saturated rings. The highest BCUT2D eigenvalue weighted by molar-refractivity contribution is 6.43. The predicted octanol–water partition coefficient (Wildman–Crippen LogP) is 5.94. The van der Waals surface area contributed by atoms with E-state index in [4.69, 9.17) is 44.3 Å². The van der Waals surface area contributed by atoms with Gasteiger partial charge in [0.15, 0.2) is 0 Å². The summed E-state index contributed by atoms with van der Waals surface area (Å²) >= 11 is 18.4. The molecular weight excluding hydrogens is 501 g/mol. The van der Waals surface area contributed by atoms with Gasteiger partial charge in [-0.05, 0) is 48.9 Å². The van der Waals surface area contributed by atoms with Gasteiger partial charge in [-0.2, -0.15) is 4.98 Å². The first kappa shape index (κ1) is 25.8. The third-order valence-corrected chi connectivity index (χ3v) is 5.79. The average Bonchev–Trinajstić information content (AvgIpc) is 2.81. The molecule has 8 nitrogen and oxygen atoms in total. The zero-order chi connectivity index (χ0) is 24.7. The molecular formula is C23H24Cl3N5O3. The van der Waals surface area contributed by atoms with Gasteiger partial charge < -0.3 is 20.1 Å². The first-order chi connectivity index (χ1) is 16.3. The standard InChI is InChI=1S/C23H24Cl3N5O3/c1-14(13-33-2)29-22-27-9-8-21(30-22)31(16-4-6-17(34-3)7-5-16)23(32)28-12-15-10-19(25)20(26)11-18(15)24/h4-11,14H,12-13H2,1-3H3,(H,28,32)(H,27,29,30). The van der Waals surface area contributed by atoms with Crippen LogP contribution in [0.1, 0.15) is 12.5 Å². The third kappa shape index (κ3) is 6.64. The molecule has 1 aromatic heterocycles. The topological polar surface area (TPSA) is 88.6 Å². The van der Waals surface area contributed by atoms with E-state index in [2.05, 4.69) is 20.6 Å². The summed E-state index contributed by atoms with van der Waals surface area (Å²) in [5, 5.41) is 7.09. The number of hydrogen-bond donors (Lipinski definition) is 2. The van der Waals surface area contributed by atoms with Gasteiger partial charge in [0.1, 0.15) is 11.6 Å². The molecule has 0 radical (unpaired) electrons. The molecule has 0 aliphatic heterocycles. The average molecular weight is 525 g/mol. The predicted molar refractivity (Wildman–Crippen MR) is 136 cm³/mol. The maximum Gasteiger partial charge on any atom is 0.327 e.